The van der Waals surface area contributed by atoms with Gasteiger partial charge in [0.25, 0.3) is 5.91 Å². The van der Waals surface area contributed by atoms with Gasteiger partial charge in [0.05, 0.1) is 15.7 Å². The van der Waals surface area contributed by atoms with E-state index >= 15 is 0 Å². The molecular weight excluding hydrogens is 347 g/mol. The van der Waals surface area contributed by atoms with Gasteiger partial charge in [0.1, 0.15) is 17.8 Å². The molecule has 5 nitrogen and oxygen atoms in total. The summed E-state index contributed by atoms with van der Waals surface area (Å²) >= 11 is 12.2. The first kappa shape index (κ1) is 17.0. The molecule has 0 atom stereocenters. The molecule has 1 heterocycles. The summed E-state index contributed by atoms with van der Waals surface area (Å²) in [6.45, 7) is 0. The Morgan fingerprint density at radius 3 is 2.50 bits per heavy atom. The van der Waals surface area contributed by atoms with Crippen molar-refractivity contribution in [2.45, 2.75) is 38.1 Å². The molecule has 2 aromatic rings. The molecule has 0 saturated heterocycles. The molecular formula is C17H18Cl2N4O. The van der Waals surface area contributed by atoms with Gasteiger partial charge >= 0.3 is 0 Å². The number of amides is 1. The van der Waals surface area contributed by atoms with Gasteiger partial charge in [0.2, 0.25) is 0 Å². The van der Waals surface area contributed by atoms with Crippen LogP contribution in [0.5, 0.6) is 0 Å². The zero-order valence-corrected chi connectivity index (χ0v) is 14.6. The van der Waals surface area contributed by atoms with E-state index in [0.29, 0.717) is 27.6 Å². The van der Waals surface area contributed by atoms with Crippen molar-refractivity contribution in [2.24, 2.45) is 0 Å². The van der Waals surface area contributed by atoms with Gasteiger partial charge in [-0.15, -0.1) is 0 Å². The molecule has 126 valence electrons. The van der Waals surface area contributed by atoms with Crippen LogP contribution in [0.25, 0.3) is 0 Å². The molecule has 1 fully saturated rings. The maximum absolute atomic E-state index is 12.4. The highest BCUT2D eigenvalue weighted by molar-refractivity contribution is 6.40. The van der Waals surface area contributed by atoms with Crippen LogP contribution in [0.1, 0.15) is 42.6 Å². The van der Waals surface area contributed by atoms with Gasteiger partial charge in [0, 0.05) is 12.1 Å². The second-order valence-electron chi connectivity index (χ2n) is 5.82. The fourth-order valence-corrected chi connectivity index (χ4v) is 3.30. The van der Waals surface area contributed by atoms with Crippen LogP contribution in [-0.4, -0.2) is 21.9 Å². The topological polar surface area (TPSA) is 66.9 Å². The average Bonchev–Trinajstić information content (AvgIpc) is 2.59. The fraction of sp³-hybridized carbons (Fsp3) is 0.353. The van der Waals surface area contributed by atoms with Gasteiger partial charge in [-0.2, -0.15) is 0 Å². The largest absolute Gasteiger partial charge is 0.367 e. The summed E-state index contributed by atoms with van der Waals surface area (Å²) < 4.78 is 0. The van der Waals surface area contributed by atoms with Crippen molar-refractivity contribution >= 4 is 40.6 Å². The van der Waals surface area contributed by atoms with Crippen molar-refractivity contribution in [1.29, 1.82) is 0 Å². The molecule has 0 radical (unpaired) electrons. The number of halogens is 2. The van der Waals surface area contributed by atoms with Crippen molar-refractivity contribution in [3.8, 4) is 0 Å². The number of rotatable bonds is 4. The Hall–Kier alpha value is -1.85. The molecule has 1 amide bonds. The molecule has 0 unspecified atom stereocenters. The maximum atomic E-state index is 12.4. The van der Waals surface area contributed by atoms with Gasteiger partial charge in [-0.05, 0) is 25.0 Å². The third-order valence-corrected chi connectivity index (χ3v) is 4.69. The van der Waals surface area contributed by atoms with Crippen molar-refractivity contribution in [2.75, 3.05) is 10.6 Å². The lowest BCUT2D eigenvalue weighted by Gasteiger charge is -2.23. The van der Waals surface area contributed by atoms with Crippen LogP contribution < -0.4 is 10.6 Å². The number of aromatic nitrogens is 2. The highest BCUT2D eigenvalue weighted by Crippen LogP contribution is 2.30. The highest BCUT2D eigenvalue weighted by Gasteiger charge is 2.16. The van der Waals surface area contributed by atoms with Crippen molar-refractivity contribution < 1.29 is 4.79 Å². The number of carbonyl (C=O) groups is 1. The summed E-state index contributed by atoms with van der Waals surface area (Å²) in [7, 11) is 0. The molecule has 1 aliphatic rings. The Kier molecular flexibility index (Phi) is 5.53. The summed E-state index contributed by atoms with van der Waals surface area (Å²) in [6.07, 6.45) is 7.37. The zero-order chi connectivity index (χ0) is 16.9. The summed E-state index contributed by atoms with van der Waals surface area (Å²) in [5.41, 5.74) is 0.644. The third kappa shape index (κ3) is 4.16. The fourth-order valence-electron chi connectivity index (χ4n) is 2.81. The Labute approximate surface area is 150 Å². The Balaban J connectivity index is 1.72. The number of para-hydroxylation sites is 1. The SMILES string of the molecule is O=C(Nc1c(Cl)cccc1Cl)c1cc(NC2CCCCC2)ncn1. The maximum Gasteiger partial charge on any atom is 0.274 e. The summed E-state index contributed by atoms with van der Waals surface area (Å²) in [6, 6.07) is 7.10. The van der Waals surface area contributed by atoms with Crippen LogP contribution in [-0.2, 0) is 0 Å². The molecule has 3 rings (SSSR count). The van der Waals surface area contributed by atoms with Crippen LogP contribution in [0.15, 0.2) is 30.6 Å². The van der Waals surface area contributed by atoms with E-state index < -0.39 is 0 Å². The van der Waals surface area contributed by atoms with E-state index in [2.05, 4.69) is 20.6 Å². The molecule has 0 aliphatic heterocycles. The van der Waals surface area contributed by atoms with Gasteiger partial charge in [-0.1, -0.05) is 48.5 Å². The molecule has 2 N–H and O–H groups in total. The molecule has 1 aromatic carbocycles. The number of hydrogen-bond acceptors (Lipinski definition) is 4. The Bertz CT molecular complexity index is 712. The van der Waals surface area contributed by atoms with Gasteiger partial charge in [-0.25, -0.2) is 9.97 Å². The number of nitrogens with one attached hydrogen (secondary N) is 2. The normalized spacial score (nSPS) is 15.1. The third-order valence-electron chi connectivity index (χ3n) is 4.06. The quantitative estimate of drug-likeness (QED) is 0.818. The molecule has 1 aliphatic carbocycles. The average molecular weight is 365 g/mol. The van der Waals surface area contributed by atoms with Crippen LogP contribution in [0.4, 0.5) is 11.5 Å². The first-order chi connectivity index (χ1) is 11.6. The first-order valence-electron chi connectivity index (χ1n) is 7.97. The van der Waals surface area contributed by atoms with E-state index in [1.54, 1.807) is 24.3 Å². The molecule has 1 aromatic heterocycles. The minimum absolute atomic E-state index is 0.263. The molecule has 7 heteroatoms. The second kappa shape index (κ2) is 7.81. The van der Waals surface area contributed by atoms with E-state index in [9.17, 15) is 4.79 Å². The number of hydrogen-bond donors (Lipinski definition) is 2. The van der Waals surface area contributed by atoms with Gasteiger partial charge in [-0.3, -0.25) is 4.79 Å². The smallest absolute Gasteiger partial charge is 0.274 e. The van der Waals surface area contributed by atoms with Crippen LogP contribution >= 0.6 is 23.2 Å². The standard InChI is InChI=1S/C17H18Cl2N4O/c18-12-7-4-8-13(19)16(12)23-17(24)14-9-15(21-10-20-14)22-11-5-2-1-3-6-11/h4,7-11H,1-3,5-6H2,(H,23,24)(H,20,21,22). The van der Waals surface area contributed by atoms with Crippen LogP contribution in [0.3, 0.4) is 0 Å². The molecule has 0 spiro atoms. The van der Waals surface area contributed by atoms with Crippen LogP contribution in [0.2, 0.25) is 10.0 Å². The van der Waals surface area contributed by atoms with Crippen LogP contribution in [0, 0.1) is 0 Å². The number of anilines is 2. The summed E-state index contributed by atoms with van der Waals surface area (Å²) in [5, 5.41) is 6.84. The first-order valence-corrected chi connectivity index (χ1v) is 8.73. The van der Waals surface area contributed by atoms with Gasteiger partial charge < -0.3 is 10.6 Å². The Morgan fingerprint density at radius 1 is 1.08 bits per heavy atom. The lowest BCUT2D eigenvalue weighted by Crippen LogP contribution is -2.23. The molecule has 1 saturated carbocycles. The summed E-state index contributed by atoms with van der Waals surface area (Å²) in [5.74, 6) is 0.284. The predicted octanol–water partition coefficient (Wildman–Crippen LogP) is 4.78. The van der Waals surface area contributed by atoms with E-state index in [-0.39, 0.29) is 11.6 Å². The molecule has 24 heavy (non-hydrogen) atoms. The Morgan fingerprint density at radius 2 is 1.79 bits per heavy atom. The highest BCUT2D eigenvalue weighted by atomic mass is 35.5. The van der Waals surface area contributed by atoms with Crippen molar-refractivity contribution in [1.82, 2.24) is 9.97 Å². The lowest BCUT2D eigenvalue weighted by molar-refractivity contribution is 0.102. The second-order valence-corrected chi connectivity index (χ2v) is 6.63. The monoisotopic (exact) mass is 364 g/mol. The number of carbonyl (C=O) groups excluding carboxylic acids is 1. The minimum Gasteiger partial charge on any atom is -0.367 e. The van der Waals surface area contributed by atoms with E-state index in [1.165, 1.54) is 25.6 Å². The van der Waals surface area contributed by atoms with E-state index in [4.69, 9.17) is 23.2 Å². The van der Waals surface area contributed by atoms with Gasteiger partial charge in [0.15, 0.2) is 0 Å². The van der Waals surface area contributed by atoms with Crippen molar-refractivity contribution in [3.05, 3.63) is 46.3 Å². The number of nitrogens with zero attached hydrogens (tertiary/aromatic N) is 2. The van der Waals surface area contributed by atoms with E-state index in [1.807, 2.05) is 0 Å². The van der Waals surface area contributed by atoms with E-state index in [0.717, 1.165) is 12.8 Å². The summed E-state index contributed by atoms with van der Waals surface area (Å²) in [4.78, 5) is 20.7. The van der Waals surface area contributed by atoms with Crippen molar-refractivity contribution in [3.63, 3.8) is 0 Å². The predicted molar refractivity (Wildman–Crippen MR) is 96.9 cm³/mol. The lowest BCUT2D eigenvalue weighted by atomic mass is 9.95. The molecule has 0 bridgehead atoms. The zero-order valence-electron chi connectivity index (χ0n) is 13.1. The number of benzene rings is 1. The minimum atomic E-state index is -0.376.